The summed E-state index contributed by atoms with van der Waals surface area (Å²) in [6, 6.07) is 4.65. The fourth-order valence-electron chi connectivity index (χ4n) is 0.935. The standard InChI is InChI=1S/C9H8BrFINO/c10-7-3-1-2-6(8(7)11)9(14)13-5-4-12/h1-3H,4-5H2,(H,13,14). The molecule has 0 saturated carbocycles. The van der Waals surface area contributed by atoms with E-state index in [0.717, 1.165) is 4.43 Å². The molecule has 76 valence electrons. The highest BCUT2D eigenvalue weighted by atomic mass is 127. The molecule has 0 heterocycles. The van der Waals surface area contributed by atoms with Gasteiger partial charge in [-0.2, -0.15) is 0 Å². The maximum atomic E-state index is 13.4. The van der Waals surface area contributed by atoms with E-state index in [9.17, 15) is 9.18 Å². The number of rotatable bonds is 3. The van der Waals surface area contributed by atoms with Crippen molar-refractivity contribution in [3.8, 4) is 0 Å². The number of alkyl halides is 1. The summed E-state index contributed by atoms with van der Waals surface area (Å²) in [5.41, 5.74) is 0.0734. The van der Waals surface area contributed by atoms with Crippen LogP contribution in [0.1, 0.15) is 10.4 Å². The molecule has 14 heavy (non-hydrogen) atoms. The molecule has 5 heteroatoms. The third-order valence-corrected chi connectivity index (χ3v) is 2.73. The van der Waals surface area contributed by atoms with Gasteiger partial charge in [0.1, 0.15) is 5.82 Å². The van der Waals surface area contributed by atoms with Crippen LogP contribution in [0.15, 0.2) is 22.7 Å². The quantitative estimate of drug-likeness (QED) is 0.642. The first kappa shape index (κ1) is 11.9. The van der Waals surface area contributed by atoms with Crippen molar-refractivity contribution in [1.82, 2.24) is 5.32 Å². The Labute approximate surface area is 104 Å². The molecule has 0 spiro atoms. The monoisotopic (exact) mass is 371 g/mol. The molecule has 1 N–H and O–H groups in total. The lowest BCUT2D eigenvalue weighted by Gasteiger charge is -2.04. The molecule has 0 bridgehead atoms. The van der Waals surface area contributed by atoms with Crippen LogP contribution in [0.5, 0.6) is 0 Å². The van der Waals surface area contributed by atoms with Gasteiger partial charge in [-0.1, -0.05) is 28.7 Å². The van der Waals surface area contributed by atoms with E-state index in [1.165, 1.54) is 6.07 Å². The van der Waals surface area contributed by atoms with Crippen molar-refractivity contribution >= 4 is 44.4 Å². The lowest BCUT2D eigenvalue weighted by atomic mass is 10.2. The molecular weight excluding hydrogens is 364 g/mol. The van der Waals surface area contributed by atoms with E-state index in [1.807, 2.05) is 0 Å². The van der Waals surface area contributed by atoms with Crippen molar-refractivity contribution in [3.63, 3.8) is 0 Å². The van der Waals surface area contributed by atoms with Crippen molar-refractivity contribution in [3.05, 3.63) is 34.1 Å². The van der Waals surface area contributed by atoms with Gasteiger partial charge in [-0.15, -0.1) is 0 Å². The number of hydrogen-bond acceptors (Lipinski definition) is 1. The van der Waals surface area contributed by atoms with Crippen molar-refractivity contribution in [2.24, 2.45) is 0 Å². The highest BCUT2D eigenvalue weighted by molar-refractivity contribution is 14.1. The van der Waals surface area contributed by atoms with E-state index in [2.05, 4.69) is 43.8 Å². The second-order valence-electron chi connectivity index (χ2n) is 2.55. The minimum Gasteiger partial charge on any atom is -0.351 e. The lowest BCUT2D eigenvalue weighted by molar-refractivity contribution is 0.0952. The number of carbonyl (C=O) groups excluding carboxylic acids is 1. The first-order valence-electron chi connectivity index (χ1n) is 3.95. The molecular formula is C9H8BrFINO. The number of nitrogens with one attached hydrogen (secondary N) is 1. The van der Waals surface area contributed by atoms with Gasteiger partial charge in [-0.3, -0.25) is 4.79 Å². The van der Waals surface area contributed by atoms with Crippen molar-refractivity contribution in [1.29, 1.82) is 0 Å². The average Bonchev–Trinajstić information content (AvgIpc) is 2.18. The maximum Gasteiger partial charge on any atom is 0.254 e. The smallest absolute Gasteiger partial charge is 0.254 e. The summed E-state index contributed by atoms with van der Waals surface area (Å²) in [4.78, 5) is 11.4. The van der Waals surface area contributed by atoms with E-state index in [4.69, 9.17) is 0 Å². The fourth-order valence-corrected chi connectivity index (χ4v) is 1.57. The predicted octanol–water partition coefficient (Wildman–Crippen LogP) is 2.75. The highest BCUT2D eigenvalue weighted by Crippen LogP contribution is 2.18. The van der Waals surface area contributed by atoms with Crippen molar-refractivity contribution in [2.75, 3.05) is 11.0 Å². The second-order valence-corrected chi connectivity index (χ2v) is 4.48. The number of benzene rings is 1. The van der Waals surface area contributed by atoms with Gasteiger partial charge in [0.2, 0.25) is 0 Å². The molecule has 0 saturated heterocycles. The van der Waals surface area contributed by atoms with Gasteiger partial charge in [0.05, 0.1) is 10.0 Å². The van der Waals surface area contributed by atoms with Gasteiger partial charge in [0.25, 0.3) is 5.91 Å². The van der Waals surface area contributed by atoms with Gasteiger partial charge in [0, 0.05) is 11.0 Å². The molecule has 1 rings (SSSR count). The number of halogens is 3. The summed E-state index contributed by atoms with van der Waals surface area (Å²) in [5.74, 6) is -0.890. The summed E-state index contributed by atoms with van der Waals surface area (Å²) in [5, 5.41) is 2.61. The van der Waals surface area contributed by atoms with E-state index < -0.39 is 5.82 Å². The third-order valence-electron chi connectivity index (χ3n) is 1.58. The molecule has 0 aromatic heterocycles. The summed E-state index contributed by atoms with van der Waals surface area (Å²) in [7, 11) is 0. The van der Waals surface area contributed by atoms with Crippen LogP contribution in [0.4, 0.5) is 4.39 Å². The lowest BCUT2D eigenvalue weighted by Crippen LogP contribution is -2.26. The molecule has 1 aromatic carbocycles. The van der Waals surface area contributed by atoms with Gasteiger partial charge in [0.15, 0.2) is 0 Å². The normalized spacial score (nSPS) is 9.93. The minimum atomic E-state index is -0.515. The van der Waals surface area contributed by atoms with Crippen LogP contribution in [0.2, 0.25) is 0 Å². The second kappa shape index (κ2) is 5.65. The Morgan fingerprint density at radius 3 is 2.93 bits per heavy atom. The summed E-state index contributed by atoms with van der Waals surface area (Å²) in [6.07, 6.45) is 0. The van der Waals surface area contributed by atoms with E-state index in [-0.39, 0.29) is 11.5 Å². The number of amides is 1. The molecule has 0 aliphatic carbocycles. The van der Waals surface area contributed by atoms with Crippen LogP contribution in [-0.2, 0) is 0 Å². The molecule has 2 nitrogen and oxygen atoms in total. The minimum absolute atomic E-state index is 0.0734. The summed E-state index contributed by atoms with van der Waals surface area (Å²) < 4.78 is 14.5. The Morgan fingerprint density at radius 1 is 1.57 bits per heavy atom. The van der Waals surface area contributed by atoms with Crippen molar-refractivity contribution in [2.45, 2.75) is 0 Å². The molecule has 1 amide bonds. The molecule has 0 unspecified atom stereocenters. The molecule has 0 radical (unpaired) electrons. The SMILES string of the molecule is O=C(NCCI)c1cccc(Br)c1F. The van der Waals surface area contributed by atoms with Crippen LogP contribution in [-0.4, -0.2) is 16.9 Å². The topological polar surface area (TPSA) is 29.1 Å². The van der Waals surface area contributed by atoms with E-state index in [0.29, 0.717) is 11.0 Å². The average molecular weight is 372 g/mol. The zero-order valence-corrected chi connectivity index (χ0v) is 10.9. The summed E-state index contributed by atoms with van der Waals surface area (Å²) >= 11 is 5.16. The first-order valence-corrected chi connectivity index (χ1v) is 6.27. The number of carbonyl (C=O) groups is 1. The molecule has 0 aliphatic heterocycles. The summed E-state index contributed by atoms with van der Waals surface area (Å²) in [6.45, 7) is 0.547. The van der Waals surface area contributed by atoms with E-state index >= 15 is 0 Å². The largest absolute Gasteiger partial charge is 0.351 e. The highest BCUT2D eigenvalue weighted by Gasteiger charge is 2.12. The molecule has 0 fully saturated rings. The first-order chi connectivity index (χ1) is 6.66. The van der Waals surface area contributed by atoms with Gasteiger partial charge >= 0.3 is 0 Å². The van der Waals surface area contributed by atoms with Crippen LogP contribution in [0.3, 0.4) is 0 Å². The Kier molecular flexibility index (Phi) is 4.80. The zero-order valence-electron chi connectivity index (χ0n) is 7.19. The third kappa shape index (κ3) is 2.91. The molecule has 0 atom stereocenters. The van der Waals surface area contributed by atoms with Crippen molar-refractivity contribution < 1.29 is 9.18 Å². The van der Waals surface area contributed by atoms with E-state index in [1.54, 1.807) is 12.1 Å². The Bertz CT molecular complexity index is 346. The Hall–Kier alpha value is -0.170. The van der Waals surface area contributed by atoms with Crippen LogP contribution < -0.4 is 5.32 Å². The van der Waals surface area contributed by atoms with Gasteiger partial charge < -0.3 is 5.32 Å². The van der Waals surface area contributed by atoms with Crippen LogP contribution in [0, 0.1) is 5.82 Å². The fraction of sp³-hybridized carbons (Fsp3) is 0.222. The van der Waals surface area contributed by atoms with Gasteiger partial charge in [-0.05, 0) is 28.1 Å². The Morgan fingerprint density at radius 2 is 2.29 bits per heavy atom. The molecule has 0 aliphatic rings. The van der Waals surface area contributed by atoms with Crippen LogP contribution >= 0.6 is 38.5 Å². The van der Waals surface area contributed by atoms with Gasteiger partial charge in [-0.25, -0.2) is 4.39 Å². The number of hydrogen-bond donors (Lipinski definition) is 1. The van der Waals surface area contributed by atoms with Crippen LogP contribution in [0.25, 0.3) is 0 Å². The maximum absolute atomic E-state index is 13.4. The zero-order chi connectivity index (χ0) is 10.6. The molecule has 1 aromatic rings. The Balaban J connectivity index is 2.84. The predicted molar refractivity (Wildman–Crippen MR) is 65.3 cm³/mol.